The van der Waals surface area contributed by atoms with Crippen molar-refractivity contribution in [3.8, 4) is 0 Å². The Morgan fingerprint density at radius 2 is 2.10 bits per heavy atom. The first-order chi connectivity index (χ1) is 10.1. The average molecular weight is 329 g/mol. The lowest BCUT2D eigenvalue weighted by Crippen LogP contribution is -2.26. The molecule has 21 heavy (non-hydrogen) atoms. The Morgan fingerprint density at radius 3 is 2.76 bits per heavy atom. The Kier molecular flexibility index (Phi) is 5.35. The molecular formula is C13H19N3O3S2. The molecule has 0 saturated carbocycles. The summed E-state index contributed by atoms with van der Waals surface area (Å²) in [5.41, 5.74) is 6.54. The lowest BCUT2D eigenvalue weighted by molar-refractivity contribution is 0.0603. The Labute approximate surface area is 132 Å². The van der Waals surface area contributed by atoms with Gasteiger partial charge in [0.1, 0.15) is 15.4 Å². The number of esters is 1. The molecule has 3 N–H and O–H groups in total. The van der Waals surface area contributed by atoms with Crippen LogP contribution in [0.15, 0.2) is 0 Å². The predicted molar refractivity (Wildman–Crippen MR) is 87.6 cm³/mol. The van der Waals surface area contributed by atoms with Gasteiger partial charge >= 0.3 is 5.97 Å². The highest BCUT2D eigenvalue weighted by atomic mass is 32.2. The van der Waals surface area contributed by atoms with E-state index in [0.717, 1.165) is 36.0 Å². The molecule has 1 aliphatic rings. The number of amides is 1. The van der Waals surface area contributed by atoms with Crippen LogP contribution in [0.3, 0.4) is 0 Å². The lowest BCUT2D eigenvalue weighted by Gasteiger charge is -2.21. The number of nitrogens with two attached hydrogens (primary N) is 1. The van der Waals surface area contributed by atoms with Crippen LogP contribution in [0.5, 0.6) is 0 Å². The van der Waals surface area contributed by atoms with Gasteiger partial charge in [0.05, 0.1) is 12.8 Å². The standard InChI is InChI=1S/C13H19N3O3S2/c1-15-11(17)10-9(14)8(13(18)19-2)12(21-10)16-4-3-6-20-7-5-16/h3-7,14H2,1-2H3,(H,15,17). The third kappa shape index (κ3) is 3.26. The minimum Gasteiger partial charge on any atom is -0.465 e. The van der Waals surface area contributed by atoms with Crippen molar-refractivity contribution in [2.45, 2.75) is 6.42 Å². The molecule has 2 heterocycles. The van der Waals surface area contributed by atoms with Crippen molar-refractivity contribution in [3.63, 3.8) is 0 Å². The van der Waals surface area contributed by atoms with Crippen molar-refractivity contribution in [2.75, 3.05) is 49.4 Å². The number of thiophene rings is 1. The highest BCUT2D eigenvalue weighted by Crippen LogP contribution is 2.39. The summed E-state index contributed by atoms with van der Waals surface area (Å²) in [5, 5.41) is 3.29. The van der Waals surface area contributed by atoms with E-state index in [1.165, 1.54) is 18.4 Å². The van der Waals surface area contributed by atoms with Crippen LogP contribution in [0.2, 0.25) is 0 Å². The van der Waals surface area contributed by atoms with Gasteiger partial charge in [0.25, 0.3) is 5.91 Å². The summed E-state index contributed by atoms with van der Waals surface area (Å²) >= 11 is 3.15. The Hall–Kier alpha value is -1.41. The number of rotatable bonds is 3. The molecule has 0 aliphatic carbocycles. The van der Waals surface area contributed by atoms with Crippen molar-refractivity contribution in [1.29, 1.82) is 0 Å². The first-order valence-corrected chi connectivity index (χ1v) is 8.62. The highest BCUT2D eigenvalue weighted by molar-refractivity contribution is 7.99. The zero-order valence-corrected chi connectivity index (χ0v) is 13.7. The number of carbonyl (C=O) groups excluding carboxylic acids is 2. The van der Waals surface area contributed by atoms with Gasteiger partial charge in [-0.1, -0.05) is 0 Å². The molecular weight excluding hydrogens is 310 g/mol. The SMILES string of the molecule is CNC(=O)c1sc(N2CCCSCC2)c(C(=O)OC)c1N. The molecule has 1 aromatic heterocycles. The molecule has 1 amide bonds. The normalized spacial score (nSPS) is 15.4. The third-order valence-electron chi connectivity index (χ3n) is 3.26. The molecule has 8 heteroatoms. The number of nitrogen functional groups attached to an aromatic ring is 1. The van der Waals surface area contributed by atoms with E-state index in [4.69, 9.17) is 10.5 Å². The van der Waals surface area contributed by atoms with E-state index >= 15 is 0 Å². The lowest BCUT2D eigenvalue weighted by atomic mass is 10.2. The van der Waals surface area contributed by atoms with Gasteiger partial charge < -0.3 is 20.7 Å². The number of carbonyl (C=O) groups is 2. The molecule has 1 saturated heterocycles. The number of hydrogen-bond donors (Lipinski definition) is 2. The quantitative estimate of drug-likeness (QED) is 0.816. The number of nitrogens with one attached hydrogen (secondary N) is 1. The van der Waals surface area contributed by atoms with Crippen molar-refractivity contribution < 1.29 is 14.3 Å². The number of thioether (sulfide) groups is 1. The summed E-state index contributed by atoms with van der Waals surface area (Å²) < 4.78 is 4.83. The van der Waals surface area contributed by atoms with Crippen LogP contribution in [-0.2, 0) is 4.74 Å². The second-order valence-corrected chi connectivity index (χ2v) is 6.77. The van der Waals surface area contributed by atoms with Gasteiger partial charge in [0, 0.05) is 25.9 Å². The molecule has 116 valence electrons. The molecule has 0 bridgehead atoms. The van der Waals surface area contributed by atoms with Crippen LogP contribution in [0.1, 0.15) is 26.5 Å². The second-order valence-electron chi connectivity index (χ2n) is 4.55. The van der Waals surface area contributed by atoms with Crippen LogP contribution in [0, 0.1) is 0 Å². The highest BCUT2D eigenvalue weighted by Gasteiger charge is 2.29. The monoisotopic (exact) mass is 329 g/mol. The molecule has 1 fully saturated rings. The minimum atomic E-state index is -0.495. The van der Waals surface area contributed by atoms with Crippen LogP contribution < -0.4 is 16.0 Å². The van der Waals surface area contributed by atoms with Gasteiger partial charge in [0.15, 0.2) is 0 Å². The molecule has 0 unspecified atom stereocenters. The van der Waals surface area contributed by atoms with E-state index in [1.807, 2.05) is 11.8 Å². The van der Waals surface area contributed by atoms with E-state index < -0.39 is 5.97 Å². The van der Waals surface area contributed by atoms with Gasteiger partial charge in [0.2, 0.25) is 0 Å². The first kappa shape index (κ1) is 16.0. The summed E-state index contributed by atoms with van der Waals surface area (Å²) in [6, 6.07) is 0. The molecule has 6 nitrogen and oxygen atoms in total. The smallest absolute Gasteiger partial charge is 0.343 e. The van der Waals surface area contributed by atoms with E-state index in [-0.39, 0.29) is 11.6 Å². The van der Waals surface area contributed by atoms with Crippen molar-refractivity contribution in [1.82, 2.24) is 5.32 Å². The molecule has 0 aromatic carbocycles. The Morgan fingerprint density at radius 1 is 1.33 bits per heavy atom. The fraction of sp³-hybridized carbons (Fsp3) is 0.538. The Bertz CT molecular complexity index is 537. The number of anilines is 2. The summed E-state index contributed by atoms with van der Waals surface area (Å²) in [6.45, 7) is 1.69. The fourth-order valence-electron chi connectivity index (χ4n) is 2.18. The third-order valence-corrected chi connectivity index (χ3v) is 5.57. The molecule has 1 aliphatic heterocycles. The number of ether oxygens (including phenoxy) is 1. The van der Waals surface area contributed by atoms with Crippen LogP contribution >= 0.6 is 23.1 Å². The van der Waals surface area contributed by atoms with E-state index in [1.54, 1.807) is 7.05 Å². The van der Waals surface area contributed by atoms with Gasteiger partial charge in [-0.25, -0.2) is 4.79 Å². The summed E-state index contributed by atoms with van der Waals surface area (Å²) in [5.74, 6) is 1.32. The summed E-state index contributed by atoms with van der Waals surface area (Å²) in [7, 11) is 2.86. The number of methoxy groups -OCH3 is 1. The maximum Gasteiger partial charge on any atom is 0.343 e. The van der Waals surface area contributed by atoms with Crippen molar-refractivity contribution in [2.24, 2.45) is 0 Å². The Balaban J connectivity index is 2.46. The van der Waals surface area contributed by atoms with Gasteiger partial charge in [-0.15, -0.1) is 11.3 Å². The van der Waals surface area contributed by atoms with E-state index in [0.29, 0.717) is 10.4 Å². The largest absolute Gasteiger partial charge is 0.465 e. The van der Waals surface area contributed by atoms with Crippen molar-refractivity contribution >= 4 is 45.7 Å². The van der Waals surface area contributed by atoms with Gasteiger partial charge in [-0.05, 0) is 12.2 Å². The fourth-order valence-corrected chi connectivity index (χ4v) is 4.28. The zero-order valence-electron chi connectivity index (χ0n) is 12.1. The van der Waals surface area contributed by atoms with E-state index in [2.05, 4.69) is 10.2 Å². The maximum atomic E-state index is 12.0. The molecule has 2 rings (SSSR count). The van der Waals surface area contributed by atoms with E-state index in [9.17, 15) is 9.59 Å². The minimum absolute atomic E-state index is 0.207. The van der Waals surface area contributed by atoms with Gasteiger partial charge in [-0.2, -0.15) is 11.8 Å². The molecule has 0 spiro atoms. The predicted octanol–water partition coefficient (Wildman–Crippen LogP) is 1.42. The van der Waals surface area contributed by atoms with Gasteiger partial charge in [-0.3, -0.25) is 4.79 Å². The molecule has 1 aromatic rings. The van der Waals surface area contributed by atoms with Crippen LogP contribution in [0.25, 0.3) is 0 Å². The summed E-state index contributed by atoms with van der Waals surface area (Å²) in [6.07, 6.45) is 1.04. The van der Waals surface area contributed by atoms with Crippen LogP contribution in [0.4, 0.5) is 10.7 Å². The number of nitrogens with zero attached hydrogens (tertiary/aromatic N) is 1. The summed E-state index contributed by atoms with van der Waals surface area (Å²) in [4.78, 5) is 26.4. The second kappa shape index (κ2) is 7.04. The zero-order chi connectivity index (χ0) is 15.4. The maximum absolute atomic E-state index is 12.0. The average Bonchev–Trinajstić information content (AvgIpc) is 2.69. The number of hydrogen-bond acceptors (Lipinski definition) is 7. The molecule has 0 radical (unpaired) electrons. The first-order valence-electron chi connectivity index (χ1n) is 6.65. The molecule has 0 atom stereocenters. The topological polar surface area (TPSA) is 84.7 Å². The van der Waals surface area contributed by atoms with Crippen molar-refractivity contribution in [3.05, 3.63) is 10.4 Å². The van der Waals surface area contributed by atoms with Crippen LogP contribution in [-0.4, -0.2) is 50.6 Å².